The summed E-state index contributed by atoms with van der Waals surface area (Å²) < 4.78 is 13.1. The predicted octanol–water partition coefficient (Wildman–Crippen LogP) is 4.34. The van der Waals surface area contributed by atoms with Gasteiger partial charge in [0.25, 0.3) is 11.8 Å². The van der Waals surface area contributed by atoms with Crippen molar-refractivity contribution in [2.24, 2.45) is 0 Å². The first kappa shape index (κ1) is 20.4. The molecule has 0 spiro atoms. The fraction of sp³-hybridized carbons (Fsp3) is 0.167. The van der Waals surface area contributed by atoms with E-state index in [9.17, 15) is 14.0 Å². The zero-order valence-electron chi connectivity index (χ0n) is 17.5. The van der Waals surface area contributed by atoms with Gasteiger partial charge < -0.3 is 21.4 Å². The molecule has 0 saturated heterocycles. The van der Waals surface area contributed by atoms with Crippen LogP contribution in [-0.2, 0) is 4.79 Å². The maximum absolute atomic E-state index is 13.1. The van der Waals surface area contributed by atoms with Crippen molar-refractivity contribution in [2.45, 2.75) is 26.8 Å². The third kappa shape index (κ3) is 3.82. The molecule has 0 unspecified atom stereocenters. The highest BCUT2D eigenvalue weighted by Crippen LogP contribution is 2.35. The van der Waals surface area contributed by atoms with Gasteiger partial charge in [-0.2, -0.15) is 0 Å². The van der Waals surface area contributed by atoms with E-state index >= 15 is 0 Å². The lowest BCUT2D eigenvalue weighted by Crippen LogP contribution is -2.26. The molecule has 2 heterocycles. The third-order valence-corrected chi connectivity index (χ3v) is 5.61. The van der Waals surface area contributed by atoms with E-state index in [4.69, 9.17) is 5.73 Å². The van der Waals surface area contributed by atoms with Crippen molar-refractivity contribution in [3.05, 3.63) is 81.9 Å². The molecule has 1 aliphatic heterocycles. The first-order chi connectivity index (χ1) is 14.7. The molecule has 1 atom stereocenters. The average molecular weight is 418 g/mol. The summed E-state index contributed by atoms with van der Waals surface area (Å²) in [5, 5.41) is 5.74. The van der Waals surface area contributed by atoms with E-state index in [0.717, 1.165) is 22.5 Å². The molecule has 2 amide bonds. The molecule has 1 aromatic heterocycles. The van der Waals surface area contributed by atoms with Gasteiger partial charge in [-0.3, -0.25) is 9.59 Å². The maximum atomic E-state index is 13.1. The van der Waals surface area contributed by atoms with Crippen molar-refractivity contribution in [2.75, 3.05) is 11.1 Å². The largest absolute Gasteiger partial charge is 0.397 e. The van der Waals surface area contributed by atoms with Gasteiger partial charge in [0.1, 0.15) is 5.82 Å². The average Bonchev–Trinajstić information content (AvgIpc) is 3.18. The lowest BCUT2D eigenvalue weighted by atomic mass is 10.0. The lowest BCUT2D eigenvalue weighted by molar-refractivity contribution is -0.110. The molecule has 31 heavy (non-hydrogen) atoms. The number of rotatable bonds is 4. The number of aryl methyl sites for hydroxylation is 1. The van der Waals surface area contributed by atoms with Crippen molar-refractivity contribution in [3.63, 3.8) is 0 Å². The van der Waals surface area contributed by atoms with Gasteiger partial charge in [-0.1, -0.05) is 12.1 Å². The predicted molar refractivity (Wildman–Crippen MR) is 120 cm³/mol. The number of hydrogen-bond acceptors (Lipinski definition) is 3. The molecule has 4 rings (SSSR count). The van der Waals surface area contributed by atoms with Gasteiger partial charge in [-0.15, -0.1) is 0 Å². The highest BCUT2D eigenvalue weighted by atomic mass is 19.1. The summed E-state index contributed by atoms with van der Waals surface area (Å²) in [6.45, 7) is 5.59. The van der Waals surface area contributed by atoms with E-state index in [1.807, 2.05) is 20.8 Å². The summed E-state index contributed by atoms with van der Waals surface area (Å²) in [6.07, 6.45) is 1.75. The minimum absolute atomic E-state index is 0.238. The van der Waals surface area contributed by atoms with Crippen LogP contribution in [-0.4, -0.2) is 16.8 Å². The normalized spacial score (nSPS) is 15.0. The molecule has 3 aromatic rings. The smallest absolute Gasteiger partial charge is 0.256 e. The van der Waals surface area contributed by atoms with Crippen LogP contribution >= 0.6 is 0 Å². The summed E-state index contributed by atoms with van der Waals surface area (Å²) in [4.78, 5) is 28.6. The van der Waals surface area contributed by atoms with Gasteiger partial charge in [0.15, 0.2) is 0 Å². The van der Waals surface area contributed by atoms with Gasteiger partial charge in [-0.05, 0) is 68.3 Å². The fourth-order valence-corrected chi connectivity index (χ4v) is 3.67. The molecule has 7 heteroatoms. The number of nitrogen functional groups attached to an aromatic ring is 1. The van der Waals surface area contributed by atoms with Crippen LogP contribution in [0.15, 0.2) is 42.5 Å². The van der Waals surface area contributed by atoms with Crippen LogP contribution in [0.25, 0.3) is 11.6 Å². The number of nitrogens with two attached hydrogens (primary N) is 1. The number of fused-ring (bicyclic) bond motifs is 1. The van der Waals surface area contributed by atoms with Crippen LogP contribution in [0.5, 0.6) is 0 Å². The number of aromatic nitrogens is 1. The number of anilines is 2. The number of amides is 2. The van der Waals surface area contributed by atoms with Gasteiger partial charge in [0, 0.05) is 28.2 Å². The van der Waals surface area contributed by atoms with Crippen molar-refractivity contribution < 1.29 is 14.0 Å². The number of carbonyl (C=O) groups is 2. The SMILES string of the molecule is Cc1[nH]c(/C=C2\C(=O)Nc3ccc(C(=O)N[C@H](C)c4ccc(F)cc4)cc32)c(C)c1N. The molecule has 2 aromatic carbocycles. The molecular formula is C24H23FN4O2. The summed E-state index contributed by atoms with van der Waals surface area (Å²) in [5.74, 6) is -0.849. The van der Waals surface area contributed by atoms with Crippen LogP contribution < -0.4 is 16.4 Å². The summed E-state index contributed by atoms with van der Waals surface area (Å²) >= 11 is 0. The fourth-order valence-electron chi connectivity index (χ4n) is 3.67. The van der Waals surface area contributed by atoms with Crippen LogP contribution in [0.3, 0.4) is 0 Å². The Morgan fingerprint density at radius 1 is 1.16 bits per heavy atom. The summed E-state index contributed by atoms with van der Waals surface area (Å²) in [7, 11) is 0. The molecule has 158 valence electrons. The molecule has 0 aliphatic carbocycles. The molecule has 0 radical (unpaired) electrons. The van der Waals surface area contributed by atoms with Crippen LogP contribution in [0.1, 0.15) is 51.4 Å². The highest BCUT2D eigenvalue weighted by Gasteiger charge is 2.26. The van der Waals surface area contributed by atoms with E-state index in [2.05, 4.69) is 15.6 Å². The Bertz CT molecular complexity index is 1230. The number of H-pyrrole nitrogens is 1. The maximum Gasteiger partial charge on any atom is 0.256 e. The standard InChI is InChI=1S/C24H23FN4O2/c1-12-21(27-14(3)22(12)26)11-19-18-10-16(6-9-20(18)29-24(19)31)23(30)28-13(2)15-4-7-17(25)8-5-15/h4-11,13,27H,26H2,1-3H3,(H,28,30)(H,29,31)/b19-11-/t13-/m1/s1. The minimum atomic E-state index is -0.327. The van der Waals surface area contributed by atoms with E-state index in [1.165, 1.54) is 12.1 Å². The molecule has 0 fully saturated rings. The van der Waals surface area contributed by atoms with E-state index in [-0.39, 0.29) is 23.7 Å². The number of carbonyl (C=O) groups excluding carboxylic acids is 2. The molecule has 6 nitrogen and oxygen atoms in total. The number of nitrogens with one attached hydrogen (secondary N) is 3. The summed E-state index contributed by atoms with van der Waals surface area (Å²) in [6, 6.07) is 10.8. The Labute approximate surface area is 179 Å². The van der Waals surface area contributed by atoms with Crippen molar-refractivity contribution >= 4 is 34.8 Å². The monoisotopic (exact) mass is 418 g/mol. The van der Waals surface area contributed by atoms with E-state index in [0.29, 0.717) is 28.1 Å². The highest BCUT2D eigenvalue weighted by molar-refractivity contribution is 6.35. The Morgan fingerprint density at radius 2 is 1.87 bits per heavy atom. The Balaban J connectivity index is 1.62. The van der Waals surface area contributed by atoms with E-state index < -0.39 is 0 Å². The van der Waals surface area contributed by atoms with Crippen molar-refractivity contribution in [3.8, 4) is 0 Å². The lowest BCUT2D eigenvalue weighted by Gasteiger charge is -2.15. The quantitative estimate of drug-likeness (QED) is 0.474. The molecular weight excluding hydrogens is 395 g/mol. The van der Waals surface area contributed by atoms with Gasteiger partial charge >= 0.3 is 0 Å². The van der Waals surface area contributed by atoms with Crippen LogP contribution in [0, 0.1) is 19.7 Å². The topological polar surface area (TPSA) is 100 Å². The summed E-state index contributed by atoms with van der Waals surface area (Å²) in [5.41, 5.74) is 12.1. The second-order valence-corrected chi connectivity index (χ2v) is 7.72. The van der Waals surface area contributed by atoms with Crippen molar-refractivity contribution in [1.82, 2.24) is 10.3 Å². The van der Waals surface area contributed by atoms with E-state index in [1.54, 1.807) is 36.4 Å². The Morgan fingerprint density at radius 3 is 2.52 bits per heavy atom. The third-order valence-electron chi connectivity index (χ3n) is 5.61. The zero-order valence-corrected chi connectivity index (χ0v) is 17.5. The Hall–Kier alpha value is -3.87. The molecule has 1 aliphatic rings. The van der Waals surface area contributed by atoms with Gasteiger partial charge in [0.2, 0.25) is 0 Å². The number of hydrogen-bond donors (Lipinski definition) is 4. The molecule has 0 bridgehead atoms. The second-order valence-electron chi connectivity index (χ2n) is 7.72. The van der Waals surface area contributed by atoms with Gasteiger partial charge in [0.05, 0.1) is 17.3 Å². The number of aromatic amines is 1. The van der Waals surface area contributed by atoms with Crippen LogP contribution in [0.2, 0.25) is 0 Å². The Kier molecular flexibility index (Phi) is 5.10. The molecule has 5 N–H and O–H groups in total. The van der Waals surface area contributed by atoms with Crippen LogP contribution in [0.4, 0.5) is 15.8 Å². The molecule has 0 saturated carbocycles. The zero-order chi connectivity index (χ0) is 22.3. The minimum Gasteiger partial charge on any atom is -0.397 e. The van der Waals surface area contributed by atoms with Gasteiger partial charge in [-0.25, -0.2) is 4.39 Å². The first-order valence-electron chi connectivity index (χ1n) is 9.93. The number of halogens is 1. The number of benzene rings is 2. The van der Waals surface area contributed by atoms with Crippen molar-refractivity contribution in [1.29, 1.82) is 0 Å². The first-order valence-corrected chi connectivity index (χ1v) is 9.93. The second kappa shape index (κ2) is 7.75.